The van der Waals surface area contributed by atoms with Crippen molar-refractivity contribution in [3.05, 3.63) is 23.2 Å². The molecule has 0 radical (unpaired) electrons. The highest BCUT2D eigenvalue weighted by Gasteiger charge is 2.15. The molecule has 2 heterocycles. The Balaban J connectivity index is 2.00. The highest BCUT2D eigenvalue weighted by Crippen LogP contribution is 2.27. The lowest BCUT2D eigenvalue weighted by molar-refractivity contribution is 0.102. The summed E-state index contributed by atoms with van der Waals surface area (Å²) in [5.41, 5.74) is 0.536. The molecule has 0 aliphatic rings. The molecule has 0 aromatic carbocycles. The van der Waals surface area contributed by atoms with E-state index >= 15 is 0 Å². The first-order chi connectivity index (χ1) is 9.45. The smallest absolute Gasteiger partial charge is 0.261 e. The lowest BCUT2D eigenvalue weighted by Crippen LogP contribution is -2.11. The molecule has 108 valence electrons. The maximum absolute atomic E-state index is 12.1. The van der Waals surface area contributed by atoms with Gasteiger partial charge in [-0.2, -0.15) is 0 Å². The van der Waals surface area contributed by atoms with Gasteiger partial charge < -0.3 is 4.42 Å². The maximum atomic E-state index is 12.1. The van der Waals surface area contributed by atoms with E-state index in [4.69, 9.17) is 4.42 Å². The van der Waals surface area contributed by atoms with Crippen molar-refractivity contribution in [2.45, 2.75) is 32.0 Å². The van der Waals surface area contributed by atoms with Crippen LogP contribution in [0.25, 0.3) is 0 Å². The molecule has 0 unspecified atom stereocenters. The van der Waals surface area contributed by atoms with E-state index in [1.165, 1.54) is 11.3 Å². The molecule has 0 fully saturated rings. The molecule has 7 heteroatoms. The van der Waals surface area contributed by atoms with Gasteiger partial charge in [0.05, 0.1) is 5.56 Å². The molecule has 2 rings (SSSR count). The van der Waals surface area contributed by atoms with E-state index in [-0.39, 0.29) is 5.91 Å². The summed E-state index contributed by atoms with van der Waals surface area (Å²) >= 11 is 3.04. The summed E-state index contributed by atoms with van der Waals surface area (Å²) in [6.45, 7) is 7.89. The monoisotopic (exact) mass is 311 g/mol. The van der Waals surface area contributed by atoms with Crippen LogP contribution in [-0.4, -0.2) is 21.9 Å². The summed E-state index contributed by atoms with van der Waals surface area (Å²) in [6.07, 6.45) is 0. The van der Waals surface area contributed by atoms with Gasteiger partial charge in [-0.3, -0.25) is 10.1 Å². The van der Waals surface area contributed by atoms with Crippen molar-refractivity contribution in [2.24, 2.45) is 5.92 Å². The minimum Gasteiger partial charge on any atom is -0.466 e. The van der Waals surface area contributed by atoms with Crippen LogP contribution in [0.4, 0.5) is 5.13 Å². The normalized spacial score (nSPS) is 11.1. The Kier molecular flexibility index (Phi) is 4.82. The number of nitrogens with one attached hydrogen (secondary N) is 1. The van der Waals surface area contributed by atoms with Crippen LogP contribution >= 0.6 is 23.1 Å². The Bertz CT molecular complexity index is 605. The lowest BCUT2D eigenvalue weighted by atomic mass is 10.2. The summed E-state index contributed by atoms with van der Waals surface area (Å²) in [5.74, 6) is 2.70. The van der Waals surface area contributed by atoms with Crippen LogP contribution in [0.1, 0.15) is 35.7 Å². The summed E-state index contributed by atoms with van der Waals surface area (Å²) in [7, 11) is 0. The van der Waals surface area contributed by atoms with Crippen LogP contribution in [0.15, 0.2) is 14.8 Å². The fourth-order valence-corrected chi connectivity index (χ4v) is 3.30. The van der Waals surface area contributed by atoms with E-state index in [0.717, 1.165) is 15.9 Å². The van der Waals surface area contributed by atoms with Gasteiger partial charge >= 0.3 is 0 Å². The molecule has 0 saturated heterocycles. The van der Waals surface area contributed by atoms with Gasteiger partial charge in [0.25, 0.3) is 5.91 Å². The van der Waals surface area contributed by atoms with E-state index in [1.807, 2.05) is 6.92 Å². The first kappa shape index (κ1) is 15.1. The molecule has 0 aliphatic carbocycles. The SMILES string of the molecule is Cc1cc(C(=O)Nc2nnc(SCC(C)C)s2)c(C)o1. The summed E-state index contributed by atoms with van der Waals surface area (Å²) in [6, 6.07) is 1.72. The second-order valence-electron chi connectivity index (χ2n) is 4.86. The molecule has 0 aliphatic heterocycles. The first-order valence-corrected chi connectivity index (χ1v) is 8.10. The zero-order valence-electron chi connectivity index (χ0n) is 11.9. The number of thioether (sulfide) groups is 1. The molecule has 0 atom stereocenters. The predicted molar refractivity (Wildman–Crippen MR) is 81.6 cm³/mol. The molecule has 0 bridgehead atoms. The number of carbonyl (C=O) groups is 1. The summed E-state index contributed by atoms with van der Waals surface area (Å²) < 4.78 is 6.22. The van der Waals surface area contributed by atoms with Gasteiger partial charge in [-0.15, -0.1) is 10.2 Å². The quantitative estimate of drug-likeness (QED) is 0.673. The number of hydrogen-bond acceptors (Lipinski definition) is 6. The molecule has 1 amide bonds. The van der Waals surface area contributed by atoms with Crippen LogP contribution in [0.2, 0.25) is 0 Å². The third-order valence-corrected chi connectivity index (χ3v) is 4.85. The number of carbonyl (C=O) groups excluding carboxylic acids is 1. The minimum absolute atomic E-state index is 0.212. The Hall–Kier alpha value is -1.34. The van der Waals surface area contributed by atoms with Crippen molar-refractivity contribution in [3.8, 4) is 0 Å². The number of aromatic nitrogens is 2. The van der Waals surface area contributed by atoms with E-state index in [0.29, 0.717) is 22.4 Å². The van der Waals surface area contributed by atoms with Crippen LogP contribution < -0.4 is 5.32 Å². The molecule has 2 aromatic heterocycles. The molecule has 20 heavy (non-hydrogen) atoms. The van der Waals surface area contributed by atoms with Crippen LogP contribution in [0, 0.1) is 19.8 Å². The number of furan rings is 1. The van der Waals surface area contributed by atoms with Crippen molar-refractivity contribution < 1.29 is 9.21 Å². The number of amides is 1. The van der Waals surface area contributed by atoms with Crippen molar-refractivity contribution in [2.75, 3.05) is 11.1 Å². The van der Waals surface area contributed by atoms with E-state index in [1.54, 1.807) is 24.8 Å². The third kappa shape index (κ3) is 3.83. The number of anilines is 1. The summed E-state index contributed by atoms with van der Waals surface area (Å²) in [5, 5.41) is 11.3. The number of nitrogens with zero attached hydrogens (tertiary/aromatic N) is 2. The van der Waals surface area contributed by atoms with Crippen LogP contribution in [-0.2, 0) is 0 Å². The highest BCUT2D eigenvalue weighted by atomic mass is 32.2. The zero-order valence-corrected chi connectivity index (χ0v) is 13.5. The van der Waals surface area contributed by atoms with Gasteiger partial charge in [-0.25, -0.2) is 0 Å². The van der Waals surface area contributed by atoms with E-state index in [9.17, 15) is 4.79 Å². The van der Waals surface area contributed by atoms with Crippen molar-refractivity contribution in [3.63, 3.8) is 0 Å². The maximum Gasteiger partial charge on any atom is 0.261 e. The topological polar surface area (TPSA) is 68.0 Å². The van der Waals surface area contributed by atoms with Crippen LogP contribution in [0.3, 0.4) is 0 Å². The van der Waals surface area contributed by atoms with Crippen LogP contribution in [0.5, 0.6) is 0 Å². The second-order valence-corrected chi connectivity index (χ2v) is 7.10. The molecule has 5 nitrogen and oxygen atoms in total. The average Bonchev–Trinajstić information content (AvgIpc) is 2.93. The Morgan fingerprint density at radius 1 is 1.45 bits per heavy atom. The molecule has 0 spiro atoms. The van der Waals surface area contributed by atoms with Crippen molar-refractivity contribution in [1.82, 2.24) is 10.2 Å². The number of aryl methyl sites for hydroxylation is 2. The standard InChI is InChI=1S/C13H17N3O2S2/c1-7(2)6-19-13-16-15-12(20-13)14-11(17)10-5-8(3)18-9(10)4/h5,7H,6H2,1-4H3,(H,14,15,17). The minimum atomic E-state index is -0.212. The van der Waals surface area contributed by atoms with Crippen molar-refractivity contribution in [1.29, 1.82) is 0 Å². The Labute approximate surface area is 126 Å². The van der Waals surface area contributed by atoms with Gasteiger partial charge in [0.2, 0.25) is 5.13 Å². The molecular weight excluding hydrogens is 294 g/mol. The fraction of sp³-hybridized carbons (Fsp3) is 0.462. The van der Waals surface area contributed by atoms with Gasteiger partial charge in [0.15, 0.2) is 4.34 Å². The van der Waals surface area contributed by atoms with Crippen molar-refractivity contribution >= 4 is 34.1 Å². The number of hydrogen-bond donors (Lipinski definition) is 1. The van der Waals surface area contributed by atoms with E-state index < -0.39 is 0 Å². The fourth-order valence-electron chi connectivity index (χ4n) is 1.58. The number of rotatable bonds is 5. The first-order valence-electron chi connectivity index (χ1n) is 6.30. The Morgan fingerprint density at radius 2 is 2.20 bits per heavy atom. The average molecular weight is 311 g/mol. The second kappa shape index (κ2) is 6.41. The zero-order chi connectivity index (χ0) is 14.7. The molecule has 0 saturated carbocycles. The Morgan fingerprint density at radius 3 is 2.80 bits per heavy atom. The van der Waals surface area contributed by atoms with Gasteiger partial charge in [-0.1, -0.05) is 36.9 Å². The largest absolute Gasteiger partial charge is 0.466 e. The van der Waals surface area contributed by atoms with E-state index in [2.05, 4.69) is 29.4 Å². The summed E-state index contributed by atoms with van der Waals surface area (Å²) in [4.78, 5) is 12.1. The van der Waals surface area contributed by atoms with Gasteiger partial charge in [0.1, 0.15) is 11.5 Å². The third-order valence-electron chi connectivity index (χ3n) is 2.45. The molecular formula is C13H17N3O2S2. The molecule has 2 aromatic rings. The van der Waals surface area contributed by atoms with Gasteiger partial charge in [0, 0.05) is 5.75 Å². The lowest BCUT2D eigenvalue weighted by Gasteiger charge is -1.99. The highest BCUT2D eigenvalue weighted by molar-refractivity contribution is 8.01. The molecule has 1 N–H and O–H groups in total. The van der Waals surface area contributed by atoms with Gasteiger partial charge in [-0.05, 0) is 25.8 Å². The predicted octanol–water partition coefficient (Wildman–Crippen LogP) is 3.75.